The zero-order valence-electron chi connectivity index (χ0n) is 16.9. The molecular formula is C18H39IN4O2. The van der Waals surface area contributed by atoms with Crippen molar-refractivity contribution in [2.45, 2.75) is 51.7 Å². The maximum Gasteiger partial charge on any atom is 0.191 e. The third-order valence-electron chi connectivity index (χ3n) is 5.03. The van der Waals surface area contributed by atoms with Crippen LogP contribution in [0.1, 0.15) is 40.0 Å². The van der Waals surface area contributed by atoms with Crippen LogP contribution in [0.25, 0.3) is 0 Å². The minimum Gasteiger partial charge on any atom is -0.381 e. The Kier molecular flexibility index (Phi) is 13.0. The highest BCUT2D eigenvalue weighted by atomic mass is 127. The SMILES string of the molecule is CCOC(CCNC(=NC)NCC1(N(C)C)CCOCC1)C(C)C.I. The summed E-state index contributed by atoms with van der Waals surface area (Å²) in [5.41, 5.74) is 0.141. The molecule has 0 spiro atoms. The van der Waals surface area contributed by atoms with Gasteiger partial charge in [0, 0.05) is 45.5 Å². The van der Waals surface area contributed by atoms with Gasteiger partial charge in [-0.2, -0.15) is 0 Å². The Morgan fingerprint density at radius 3 is 2.36 bits per heavy atom. The summed E-state index contributed by atoms with van der Waals surface area (Å²) in [5, 5.41) is 6.92. The van der Waals surface area contributed by atoms with Gasteiger partial charge < -0.3 is 25.0 Å². The lowest BCUT2D eigenvalue weighted by Crippen LogP contribution is -2.57. The first-order chi connectivity index (χ1) is 11.4. The highest BCUT2D eigenvalue weighted by Gasteiger charge is 2.34. The fourth-order valence-electron chi connectivity index (χ4n) is 3.16. The van der Waals surface area contributed by atoms with E-state index < -0.39 is 0 Å². The summed E-state index contributed by atoms with van der Waals surface area (Å²) in [6.45, 7) is 10.6. The molecule has 0 bridgehead atoms. The van der Waals surface area contributed by atoms with Crippen molar-refractivity contribution >= 4 is 29.9 Å². The standard InChI is InChI=1S/C18H38N4O2.HI/c1-7-24-16(15(2)3)8-11-20-17(19-4)21-14-18(22(5)6)9-12-23-13-10-18;/h15-16H,7-14H2,1-6H3,(H2,19,20,21);1H. The van der Waals surface area contributed by atoms with Gasteiger partial charge in [-0.1, -0.05) is 13.8 Å². The van der Waals surface area contributed by atoms with Crippen molar-refractivity contribution < 1.29 is 9.47 Å². The Morgan fingerprint density at radius 1 is 1.24 bits per heavy atom. The molecule has 1 aliphatic rings. The molecule has 1 fully saturated rings. The second-order valence-corrected chi connectivity index (χ2v) is 7.11. The summed E-state index contributed by atoms with van der Waals surface area (Å²) in [6.07, 6.45) is 3.37. The maximum absolute atomic E-state index is 5.80. The Morgan fingerprint density at radius 2 is 1.88 bits per heavy atom. The molecule has 6 nitrogen and oxygen atoms in total. The second kappa shape index (κ2) is 13.1. The van der Waals surface area contributed by atoms with E-state index in [1.165, 1.54) is 0 Å². The number of likely N-dealkylation sites (N-methyl/N-ethyl adjacent to an activating group) is 1. The van der Waals surface area contributed by atoms with Gasteiger partial charge in [0.25, 0.3) is 0 Å². The molecule has 1 heterocycles. The first-order valence-electron chi connectivity index (χ1n) is 9.26. The van der Waals surface area contributed by atoms with E-state index in [9.17, 15) is 0 Å². The van der Waals surface area contributed by atoms with Gasteiger partial charge in [-0.25, -0.2) is 0 Å². The van der Waals surface area contributed by atoms with Crippen molar-refractivity contribution in [3.05, 3.63) is 0 Å². The molecule has 0 radical (unpaired) electrons. The van der Waals surface area contributed by atoms with Crippen LogP contribution in [0.15, 0.2) is 4.99 Å². The third kappa shape index (κ3) is 8.41. The minimum absolute atomic E-state index is 0. The van der Waals surface area contributed by atoms with E-state index in [2.05, 4.69) is 55.4 Å². The zero-order chi connectivity index (χ0) is 18.0. The van der Waals surface area contributed by atoms with E-state index in [4.69, 9.17) is 9.47 Å². The van der Waals surface area contributed by atoms with E-state index in [0.29, 0.717) is 12.0 Å². The van der Waals surface area contributed by atoms with Gasteiger partial charge in [-0.05, 0) is 46.2 Å². The molecule has 0 saturated carbocycles. The molecule has 1 saturated heterocycles. The molecule has 1 atom stereocenters. The normalized spacial score (nSPS) is 18.8. The Balaban J connectivity index is 0.00000576. The lowest BCUT2D eigenvalue weighted by atomic mass is 9.88. The average molecular weight is 470 g/mol. The van der Waals surface area contributed by atoms with Crippen molar-refractivity contribution in [1.29, 1.82) is 0 Å². The molecule has 0 aromatic rings. The van der Waals surface area contributed by atoms with Gasteiger partial charge in [0.15, 0.2) is 5.96 Å². The Labute approximate surface area is 171 Å². The number of aliphatic imine (C=N–C) groups is 1. The van der Waals surface area contributed by atoms with Gasteiger partial charge in [0.1, 0.15) is 0 Å². The number of hydrogen-bond donors (Lipinski definition) is 2. The van der Waals surface area contributed by atoms with Crippen LogP contribution in [0.2, 0.25) is 0 Å². The highest BCUT2D eigenvalue weighted by Crippen LogP contribution is 2.24. The number of rotatable bonds is 9. The van der Waals surface area contributed by atoms with Gasteiger partial charge in [0.05, 0.1) is 6.10 Å². The fraction of sp³-hybridized carbons (Fsp3) is 0.944. The second-order valence-electron chi connectivity index (χ2n) is 7.11. The lowest BCUT2D eigenvalue weighted by Gasteiger charge is -2.43. The quantitative estimate of drug-likeness (QED) is 0.308. The Bertz CT molecular complexity index is 372. The number of guanidine groups is 1. The Hall–Kier alpha value is -0.120. The van der Waals surface area contributed by atoms with Crippen molar-refractivity contribution in [3.8, 4) is 0 Å². The van der Waals surface area contributed by atoms with Crippen LogP contribution >= 0.6 is 24.0 Å². The van der Waals surface area contributed by atoms with E-state index in [1.54, 1.807) is 0 Å². The van der Waals surface area contributed by atoms with Crippen LogP contribution in [0.3, 0.4) is 0 Å². The molecule has 1 unspecified atom stereocenters. The largest absolute Gasteiger partial charge is 0.381 e. The zero-order valence-corrected chi connectivity index (χ0v) is 19.3. The van der Waals surface area contributed by atoms with Crippen LogP contribution in [0.5, 0.6) is 0 Å². The molecule has 0 aromatic carbocycles. The summed E-state index contributed by atoms with van der Waals surface area (Å²) >= 11 is 0. The molecule has 0 aromatic heterocycles. The molecule has 1 aliphatic heterocycles. The number of halogens is 1. The van der Waals surface area contributed by atoms with Crippen LogP contribution in [-0.2, 0) is 9.47 Å². The highest BCUT2D eigenvalue weighted by molar-refractivity contribution is 14.0. The first-order valence-corrected chi connectivity index (χ1v) is 9.26. The minimum atomic E-state index is 0. The van der Waals surface area contributed by atoms with Crippen LogP contribution in [-0.4, -0.2) is 76.6 Å². The summed E-state index contributed by atoms with van der Waals surface area (Å²) in [5.74, 6) is 1.39. The van der Waals surface area contributed by atoms with Gasteiger partial charge in [0.2, 0.25) is 0 Å². The predicted molar refractivity (Wildman–Crippen MR) is 116 cm³/mol. The number of nitrogens with one attached hydrogen (secondary N) is 2. The molecule has 2 N–H and O–H groups in total. The van der Waals surface area contributed by atoms with Crippen LogP contribution in [0.4, 0.5) is 0 Å². The number of hydrogen-bond acceptors (Lipinski definition) is 4. The smallest absolute Gasteiger partial charge is 0.191 e. The summed E-state index contributed by atoms with van der Waals surface area (Å²) < 4.78 is 11.3. The number of nitrogens with zero attached hydrogens (tertiary/aromatic N) is 2. The van der Waals surface area contributed by atoms with Crippen molar-refractivity contribution in [1.82, 2.24) is 15.5 Å². The van der Waals surface area contributed by atoms with Crippen molar-refractivity contribution in [2.75, 3.05) is 54.1 Å². The first kappa shape index (κ1) is 24.9. The molecular weight excluding hydrogens is 431 g/mol. The van der Waals surface area contributed by atoms with Crippen LogP contribution < -0.4 is 10.6 Å². The summed E-state index contributed by atoms with van der Waals surface area (Å²) in [7, 11) is 6.13. The van der Waals surface area contributed by atoms with E-state index in [0.717, 1.165) is 58.1 Å². The lowest BCUT2D eigenvalue weighted by molar-refractivity contribution is -0.00504. The summed E-state index contributed by atoms with van der Waals surface area (Å²) in [4.78, 5) is 6.67. The summed E-state index contributed by atoms with van der Waals surface area (Å²) in [6, 6.07) is 0. The van der Waals surface area contributed by atoms with Crippen LogP contribution in [0, 0.1) is 5.92 Å². The maximum atomic E-state index is 5.80. The third-order valence-corrected chi connectivity index (χ3v) is 5.03. The van der Waals surface area contributed by atoms with E-state index in [-0.39, 0.29) is 29.5 Å². The topological polar surface area (TPSA) is 58.1 Å². The predicted octanol–water partition coefficient (Wildman–Crippen LogP) is 2.33. The molecule has 0 amide bonds. The fourth-order valence-corrected chi connectivity index (χ4v) is 3.16. The van der Waals surface area contributed by atoms with E-state index >= 15 is 0 Å². The van der Waals surface area contributed by atoms with Gasteiger partial charge in [-0.15, -0.1) is 24.0 Å². The molecule has 25 heavy (non-hydrogen) atoms. The monoisotopic (exact) mass is 470 g/mol. The van der Waals surface area contributed by atoms with E-state index in [1.807, 2.05) is 7.05 Å². The van der Waals surface area contributed by atoms with Gasteiger partial charge >= 0.3 is 0 Å². The molecule has 0 aliphatic carbocycles. The van der Waals surface area contributed by atoms with Crippen molar-refractivity contribution in [2.24, 2.45) is 10.9 Å². The molecule has 7 heteroatoms. The number of ether oxygens (including phenoxy) is 2. The van der Waals surface area contributed by atoms with Crippen molar-refractivity contribution in [3.63, 3.8) is 0 Å². The van der Waals surface area contributed by atoms with Gasteiger partial charge in [-0.3, -0.25) is 4.99 Å². The molecule has 1 rings (SSSR count). The molecule has 150 valence electrons. The average Bonchev–Trinajstić information content (AvgIpc) is 2.57.